The largest absolute Gasteiger partial charge is 0.388 e. The monoisotopic (exact) mass is 252 g/mol. The lowest BCUT2D eigenvalue weighted by molar-refractivity contribution is 0.522. The molecule has 1 aromatic heterocycles. The van der Waals surface area contributed by atoms with E-state index in [9.17, 15) is 4.79 Å². The average Bonchev–Trinajstić information content (AvgIpc) is 2.39. The Bertz CT molecular complexity index is 779. The molecule has 0 aliphatic rings. The van der Waals surface area contributed by atoms with Crippen LogP contribution in [0.25, 0.3) is 10.9 Å². The van der Waals surface area contributed by atoms with Crippen molar-refractivity contribution in [2.75, 3.05) is 5.32 Å². The first-order chi connectivity index (χ1) is 9.24. The number of nitrogens with zero attached hydrogens (tertiary/aromatic N) is 1. The Morgan fingerprint density at radius 3 is 2.63 bits per heavy atom. The number of anilines is 2. The van der Waals surface area contributed by atoms with Crippen molar-refractivity contribution in [2.45, 2.75) is 6.92 Å². The standard InChI is InChI=1S/C15H12N2O2/c1-10-6-5-9-12-13(10)14(18)19-15(17-12)16-11-7-3-2-4-8-11/h2-9H,1H3,(H,16,17). The molecule has 0 atom stereocenters. The van der Waals surface area contributed by atoms with Gasteiger partial charge >= 0.3 is 11.6 Å². The fourth-order valence-corrected chi connectivity index (χ4v) is 1.98. The third-order valence-electron chi connectivity index (χ3n) is 2.89. The molecular weight excluding hydrogens is 240 g/mol. The summed E-state index contributed by atoms with van der Waals surface area (Å²) in [6.45, 7) is 1.87. The number of benzene rings is 2. The Balaban J connectivity index is 2.10. The van der Waals surface area contributed by atoms with E-state index in [1.54, 1.807) is 6.07 Å². The summed E-state index contributed by atoms with van der Waals surface area (Å²) in [4.78, 5) is 16.3. The van der Waals surface area contributed by atoms with Crippen molar-refractivity contribution in [3.05, 3.63) is 64.5 Å². The Morgan fingerprint density at radius 1 is 1.05 bits per heavy atom. The molecule has 94 valence electrons. The second-order valence-corrected chi connectivity index (χ2v) is 4.27. The van der Waals surface area contributed by atoms with Crippen molar-refractivity contribution < 1.29 is 4.42 Å². The highest BCUT2D eigenvalue weighted by Gasteiger charge is 2.08. The smallest absolute Gasteiger partial charge is 0.348 e. The zero-order valence-corrected chi connectivity index (χ0v) is 10.4. The van der Waals surface area contributed by atoms with Gasteiger partial charge in [0.2, 0.25) is 0 Å². The quantitative estimate of drug-likeness (QED) is 0.760. The van der Waals surface area contributed by atoms with Gasteiger partial charge in [-0.3, -0.25) is 0 Å². The van der Waals surface area contributed by atoms with E-state index in [4.69, 9.17) is 4.42 Å². The molecule has 1 heterocycles. The first kappa shape index (κ1) is 11.5. The molecule has 4 heteroatoms. The molecule has 0 unspecified atom stereocenters. The summed E-state index contributed by atoms with van der Waals surface area (Å²) in [6, 6.07) is 15.2. The van der Waals surface area contributed by atoms with Crippen molar-refractivity contribution in [3.8, 4) is 0 Å². The van der Waals surface area contributed by atoms with Gasteiger partial charge in [-0.1, -0.05) is 30.3 Å². The number of para-hydroxylation sites is 1. The van der Waals surface area contributed by atoms with Crippen LogP contribution >= 0.6 is 0 Å². The lowest BCUT2D eigenvalue weighted by atomic mass is 10.1. The average molecular weight is 252 g/mol. The minimum atomic E-state index is -0.374. The zero-order valence-electron chi connectivity index (χ0n) is 10.4. The fraction of sp³-hybridized carbons (Fsp3) is 0.0667. The summed E-state index contributed by atoms with van der Waals surface area (Å²) in [5.74, 6) is 0. The van der Waals surface area contributed by atoms with E-state index in [1.807, 2.05) is 49.4 Å². The second kappa shape index (κ2) is 4.57. The highest BCUT2D eigenvalue weighted by Crippen LogP contribution is 2.17. The number of aromatic nitrogens is 1. The third-order valence-corrected chi connectivity index (χ3v) is 2.89. The normalized spacial score (nSPS) is 10.6. The third kappa shape index (κ3) is 2.20. The van der Waals surface area contributed by atoms with Crippen LogP contribution in [0.1, 0.15) is 5.56 Å². The van der Waals surface area contributed by atoms with Crippen LogP contribution in [-0.2, 0) is 0 Å². The van der Waals surface area contributed by atoms with Crippen LogP contribution in [-0.4, -0.2) is 4.98 Å². The molecule has 0 amide bonds. The van der Waals surface area contributed by atoms with Crippen LogP contribution < -0.4 is 10.9 Å². The van der Waals surface area contributed by atoms with Gasteiger partial charge in [0.05, 0.1) is 10.9 Å². The number of hydrogen-bond acceptors (Lipinski definition) is 4. The van der Waals surface area contributed by atoms with Gasteiger partial charge in [-0.15, -0.1) is 0 Å². The van der Waals surface area contributed by atoms with E-state index in [1.165, 1.54) is 0 Å². The predicted molar refractivity (Wildman–Crippen MR) is 74.7 cm³/mol. The molecule has 19 heavy (non-hydrogen) atoms. The summed E-state index contributed by atoms with van der Waals surface area (Å²) in [7, 11) is 0. The lowest BCUT2D eigenvalue weighted by Gasteiger charge is -2.05. The number of rotatable bonds is 2. The van der Waals surface area contributed by atoms with Crippen molar-refractivity contribution in [1.82, 2.24) is 4.98 Å². The maximum absolute atomic E-state index is 12.0. The van der Waals surface area contributed by atoms with Crippen molar-refractivity contribution in [1.29, 1.82) is 0 Å². The molecular formula is C15H12N2O2. The molecule has 3 rings (SSSR count). The van der Waals surface area contributed by atoms with E-state index in [0.717, 1.165) is 11.3 Å². The number of aryl methyl sites for hydroxylation is 1. The SMILES string of the molecule is Cc1cccc2nc(Nc3ccccc3)oc(=O)c12. The molecule has 0 spiro atoms. The van der Waals surface area contributed by atoms with E-state index in [2.05, 4.69) is 10.3 Å². The van der Waals surface area contributed by atoms with E-state index in [-0.39, 0.29) is 11.6 Å². The molecule has 2 aromatic carbocycles. The topological polar surface area (TPSA) is 55.1 Å². The molecule has 0 saturated heterocycles. The van der Waals surface area contributed by atoms with Crippen molar-refractivity contribution in [3.63, 3.8) is 0 Å². The van der Waals surface area contributed by atoms with Crippen LogP contribution in [0.2, 0.25) is 0 Å². The van der Waals surface area contributed by atoms with Gasteiger partial charge in [0.15, 0.2) is 0 Å². The van der Waals surface area contributed by atoms with Gasteiger partial charge in [-0.25, -0.2) is 4.79 Å². The molecule has 0 saturated carbocycles. The maximum atomic E-state index is 12.0. The van der Waals surface area contributed by atoms with Gasteiger partial charge in [0, 0.05) is 5.69 Å². The fourth-order valence-electron chi connectivity index (χ4n) is 1.98. The molecule has 0 radical (unpaired) electrons. The van der Waals surface area contributed by atoms with E-state index in [0.29, 0.717) is 10.9 Å². The number of fused-ring (bicyclic) bond motifs is 1. The number of hydrogen-bond donors (Lipinski definition) is 1. The second-order valence-electron chi connectivity index (χ2n) is 4.27. The summed E-state index contributed by atoms with van der Waals surface area (Å²) in [5.41, 5.74) is 1.95. The van der Waals surface area contributed by atoms with Gasteiger partial charge in [0.25, 0.3) is 0 Å². The molecule has 1 N–H and O–H groups in total. The summed E-state index contributed by atoms with van der Waals surface area (Å²) in [6.07, 6.45) is 0. The minimum absolute atomic E-state index is 0.203. The maximum Gasteiger partial charge on any atom is 0.348 e. The molecule has 0 aliphatic carbocycles. The first-order valence-corrected chi connectivity index (χ1v) is 5.96. The van der Waals surface area contributed by atoms with Crippen LogP contribution in [0.3, 0.4) is 0 Å². The molecule has 4 nitrogen and oxygen atoms in total. The summed E-state index contributed by atoms with van der Waals surface area (Å²) >= 11 is 0. The zero-order chi connectivity index (χ0) is 13.2. The number of nitrogens with one attached hydrogen (secondary N) is 1. The van der Waals surface area contributed by atoms with Crippen LogP contribution in [0.15, 0.2) is 57.7 Å². The Morgan fingerprint density at radius 2 is 1.84 bits per heavy atom. The summed E-state index contributed by atoms with van der Waals surface area (Å²) < 4.78 is 5.20. The van der Waals surface area contributed by atoms with Gasteiger partial charge in [-0.05, 0) is 30.7 Å². The molecule has 0 aliphatic heterocycles. The Labute approximate surface area is 109 Å². The molecule has 3 aromatic rings. The highest BCUT2D eigenvalue weighted by molar-refractivity contribution is 5.81. The molecule has 0 fully saturated rings. The van der Waals surface area contributed by atoms with Crippen LogP contribution in [0.4, 0.5) is 11.7 Å². The van der Waals surface area contributed by atoms with Crippen LogP contribution in [0, 0.1) is 6.92 Å². The van der Waals surface area contributed by atoms with Gasteiger partial charge in [0.1, 0.15) is 0 Å². The Kier molecular flexibility index (Phi) is 2.76. The van der Waals surface area contributed by atoms with E-state index < -0.39 is 0 Å². The lowest BCUT2D eigenvalue weighted by Crippen LogP contribution is -2.06. The Hall–Kier alpha value is -2.62. The van der Waals surface area contributed by atoms with Crippen molar-refractivity contribution in [2.24, 2.45) is 0 Å². The van der Waals surface area contributed by atoms with Gasteiger partial charge < -0.3 is 9.73 Å². The molecule has 0 bridgehead atoms. The minimum Gasteiger partial charge on any atom is -0.388 e. The van der Waals surface area contributed by atoms with Crippen LogP contribution in [0.5, 0.6) is 0 Å². The van der Waals surface area contributed by atoms with Crippen molar-refractivity contribution >= 4 is 22.6 Å². The van der Waals surface area contributed by atoms with Gasteiger partial charge in [-0.2, -0.15) is 4.98 Å². The predicted octanol–water partition coefficient (Wildman–Crippen LogP) is 3.24. The van der Waals surface area contributed by atoms with E-state index >= 15 is 0 Å². The highest BCUT2D eigenvalue weighted by atomic mass is 16.4. The summed E-state index contributed by atoms with van der Waals surface area (Å²) in [5, 5.41) is 3.51. The first-order valence-electron chi connectivity index (χ1n) is 5.96.